The van der Waals surface area contributed by atoms with E-state index in [1.807, 2.05) is 48.5 Å². The van der Waals surface area contributed by atoms with Gasteiger partial charge in [-0.05, 0) is 36.4 Å². The van der Waals surface area contributed by atoms with Crippen molar-refractivity contribution >= 4 is 5.69 Å². The highest BCUT2D eigenvalue weighted by atomic mass is 16.5. The number of hydrogen-bond acceptors (Lipinski definition) is 4. The molecule has 2 rings (SSSR count). The van der Waals surface area contributed by atoms with E-state index < -0.39 is 0 Å². The van der Waals surface area contributed by atoms with Crippen LogP contribution in [-0.4, -0.2) is 27.4 Å². The Morgan fingerprint density at radius 1 is 0.900 bits per heavy atom. The molecule has 0 aliphatic rings. The van der Waals surface area contributed by atoms with Gasteiger partial charge in [0.05, 0.1) is 13.7 Å². The van der Waals surface area contributed by atoms with E-state index in [0.717, 1.165) is 23.7 Å². The molecule has 0 heterocycles. The van der Waals surface area contributed by atoms with Crippen molar-refractivity contribution in [3.63, 3.8) is 0 Å². The number of nitrogens with one attached hydrogen (secondary N) is 1. The number of methoxy groups -OCH3 is 2. The van der Waals surface area contributed by atoms with Gasteiger partial charge in [-0.3, -0.25) is 0 Å². The topological polar surface area (TPSA) is 39.7 Å². The Balaban J connectivity index is 1.99. The third-order valence-corrected chi connectivity index (χ3v) is 2.79. The van der Waals surface area contributed by atoms with Gasteiger partial charge in [0.1, 0.15) is 5.75 Å². The molecule has 0 saturated heterocycles. The molecule has 0 spiro atoms. The van der Waals surface area contributed by atoms with Crippen LogP contribution < -0.4 is 14.8 Å². The SMILES string of the molecule is COCCNc1ccc(Oc2ccccc2OC)cc1. The average Bonchev–Trinajstić information content (AvgIpc) is 2.50. The first-order valence-electron chi connectivity index (χ1n) is 6.47. The fourth-order valence-corrected chi connectivity index (χ4v) is 1.77. The Labute approximate surface area is 119 Å². The number of ether oxygens (including phenoxy) is 3. The van der Waals surface area contributed by atoms with Gasteiger partial charge in [-0.25, -0.2) is 0 Å². The molecule has 1 N–H and O–H groups in total. The number of rotatable bonds is 7. The van der Waals surface area contributed by atoms with E-state index in [-0.39, 0.29) is 0 Å². The lowest BCUT2D eigenvalue weighted by Crippen LogP contribution is -2.07. The highest BCUT2D eigenvalue weighted by molar-refractivity contribution is 5.48. The second-order valence-corrected chi connectivity index (χ2v) is 4.20. The van der Waals surface area contributed by atoms with Crippen LogP contribution in [0.1, 0.15) is 0 Å². The fourth-order valence-electron chi connectivity index (χ4n) is 1.77. The summed E-state index contributed by atoms with van der Waals surface area (Å²) < 4.78 is 16.0. The van der Waals surface area contributed by atoms with Crippen molar-refractivity contribution in [3.05, 3.63) is 48.5 Å². The number of hydrogen-bond donors (Lipinski definition) is 1. The van der Waals surface area contributed by atoms with Gasteiger partial charge in [-0.15, -0.1) is 0 Å². The van der Waals surface area contributed by atoms with Crippen LogP contribution in [0.25, 0.3) is 0 Å². The maximum atomic E-state index is 5.80. The van der Waals surface area contributed by atoms with E-state index in [9.17, 15) is 0 Å². The predicted molar refractivity (Wildman–Crippen MR) is 79.9 cm³/mol. The smallest absolute Gasteiger partial charge is 0.169 e. The predicted octanol–water partition coefficient (Wildman–Crippen LogP) is 3.55. The van der Waals surface area contributed by atoms with Crippen LogP contribution in [0.2, 0.25) is 0 Å². The molecule has 0 bridgehead atoms. The lowest BCUT2D eigenvalue weighted by molar-refractivity contribution is 0.211. The first-order valence-corrected chi connectivity index (χ1v) is 6.47. The van der Waals surface area contributed by atoms with E-state index in [1.54, 1.807) is 14.2 Å². The quantitative estimate of drug-likeness (QED) is 0.783. The van der Waals surface area contributed by atoms with E-state index in [2.05, 4.69) is 5.32 Å². The Morgan fingerprint density at radius 2 is 1.60 bits per heavy atom. The van der Waals surface area contributed by atoms with Crippen LogP contribution in [0.15, 0.2) is 48.5 Å². The van der Waals surface area contributed by atoms with Gasteiger partial charge >= 0.3 is 0 Å². The number of para-hydroxylation sites is 2. The van der Waals surface area contributed by atoms with Crippen LogP contribution in [-0.2, 0) is 4.74 Å². The summed E-state index contributed by atoms with van der Waals surface area (Å²) in [6.07, 6.45) is 0. The van der Waals surface area contributed by atoms with E-state index in [4.69, 9.17) is 14.2 Å². The van der Waals surface area contributed by atoms with E-state index >= 15 is 0 Å². The molecule has 20 heavy (non-hydrogen) atoms. The Kier molecular flexibility index (Phi) is 5.26. The van der Waals surface area contributed by atoms with Crippen molar-refractivity contribution in [1.82, 2.24) is 0 Å². The molecule has 0 aliphatic heterocycles. The molecule has 0 radical (unpaired) electrons. The van der Waals surface area contributed by atoms with Gasteiger partial charge in [0.2, 0.25) is 0 Å². The number of anilines is 1. The third kappa shape index (κ3) is 3.90. The molecule has 0 unspecified atom stereocenters. The molecule has 0 saturated carbocycles. The van der Waals surface area contributed by atoms with Gasteiger partial charge in [-0.2, -0.15) is 0 Å². The van der Waals surface area contributed by atoms with Crippen LogP contribution >= 0.6 is 0 Å². The van der Waals surface area contributed by atoms with Crippen molar-refractivity contribution in [1.29, 1.82) is 0 Å². The highest BCUT2D eigenvalue weighted by Gasteiger charge is 2.04. The minimum atomic E-state index is 0.680. The van der Waals surface area contributed by atoms with Gasteiger partial charge < -0.3 is 19.5 Å². The number of benzene rings is 2. The normalized spacial score (nSPS) is 10.1. The molecule has 106 valence electrons. The van der Waals surface area contributed by atoms with Crippen molar-refractivity contribution in [2.45, 2.75) is 0 Å². The summed E-state index contributed by atoms with van der Waals surface area (Å²) in [5.41, 5.74) is 1.04. The standard InChI is InChI=1S/C16H19NO3/c1-18-12-11-17-13-7-9-14(10-8-13)20-16-6-4-3-5-15(16)19-2/h3-10,17H,11-12H2,1-2H3. The molecule has 4 heteroatoms. The fraction of sp³-hybridized carbons (Fsp3) is 0.250. The molecular weight excluding hydrogens is 254 g/mol. The first kappa shape index (κ1) is 14.2. The summed E-state index contributed by atoms with van der Waals surface area (Å²) in [5, 5.41) is 3.25. The van der Waals surface area contributed by atoms with Crippen LogP contribution in [0.3, 0.4) is 0 Å². The maximum Gasteiger partial charge on any atom is 0.169 e. The van der Waals surface area contributed by atoms with Crippen LogP contribution in [0, 0.1) is 0 Å². The second kappa shape index (κ2) is 7.40. The molecule has 2 aromatic rings. The zero-order valence-electron chi connectivity index (χ0n) is 11.8. The van der Waals surface area contributed by atoms with Crippen molar-refractivity contribution < 1.29 is 14.2 Å². The zero-order valence-corrected chi connectivity index (χ0v) is 11.8. The monoisotopic (exact) mass is 273 g/mol. The minimum absolute atomic E-state index is 0.680. The van der Waals surface area contributed by atoms with Crippen molar-refractivity contribution in [2.24, 2.45) is 0 Å². The highest BCUT2D eigenvalue weighted by Crippen LogP contribution is 2.31. The lowest BCUT2D eigenvalue weighted by Gasteiger charge is -2.11. The van der Waals surface area contributed by atoms with Gasteiger partial charge in [0, 0.05) is 19.3 Å². The summed E-state index contributed by atoms with van der Waals surface area (Å²) in [5.74, 6) is 2.19. The Bertz CT molecular complexity index is 526. The minimum Gasteiger partial charge on any atom is -0.493 e. The second-order valence-electron chi connectivity index (χ2n) is 4.20. The molecule has 2 aromatic carbocycles. The maximum absolute atomic E-state index is 5.80. The molecule has 4 nitrogen and oxygen atoms in total. The van der Waals surface area contributed by atoms with Crippen molar-refractivity contribution in [3.8, 4) is 17.2 Å². The van der Waals surface area contributed by atoms with Crippen molar-refractivity contribution in [2.75, 3.05) is 32.7 Å². The molecule has 0 aliphatic carbocycles. The Hall–Kier alpha value is -2.20. The first-order chi connectivity index (χ1) is 9.83. The molecule has 0 atom stereocenters. The molecule has 0 fully saturated rings. The van der Waals surface area contributed by atoms with Crippen LogP contribution in [0.4, 0.5) is 5.69 Å². The van der Waals surface area contributed by atoms with E-state index in [0.29, 0.717) is 12.4 Å². The summed E-state index contributed by atoms with van der Waals surface area (Å²) in [6, 6.07) is 15.4. The molecule has 0 amide bonds. The average molecular weight is 273 g/mol. The zero-order chi connectivity index (χ0) is 14.2. The summed E-state index contributed by atoms with van der Waals surface area (Å²) in [7, 11) is 3.32. The molecular formula is C16H19NO3. The van der Waals surface area contributed by atoms with Gasteiger partial charge in [0.25, 0.3) is 0 Å². The summed E-state index contributed by atoms with van der Waals surface area (Å²) in [6.45, 7) is 1.46. The largest absolute Gasteiger partial charge is 0.493 e. The summed E-state index contributed by atoms with van der Waals surface area (Å²) in [4.78, 5) is 0. The third-order valence-electron chi connectivity index (χ3n) is 2.79. The van der Waals surface area contributed by atoms with E-state index in [1.165, 1.54) is 0 Å². The lowest BCUT2D eigenvalue weighted by atomic mass is 10.3. The van der Waals surface area contributed by atoms with Gasteiger partial charge in [0.15, 0.2) is 11.5 Å². The summed E-state index contributed by atoms with van der Waals surface area (Å²) >= 11 is 0. The Morgan fingerprint density at radius 3 is 2.25 bits per heavy atom. The van der Waals surface area contributed by atoms with Crippen LogP contribution in [0.5, 0.6) is 17.2 Å². The molecule has 0 aromatic heterocycles. The van der Waals surface area contributed by atoms with Gasteiger partial charge in [-0.1, -0.05) is 12.1 Å².